The lowest BCUT2D eigenvalue weighted by molar-refractivity contribution is -0.123. The van der Waals surface area contributed by atoms with Gasteiger partial charge in [-0.3, -0.25) is 9.59 Å². The maximum Gasteiger partial charge on any atom is 0.243 e. The van der Waals surface area contributed by atoms with Crippen molar-refractivity contribution in [2.24, 2.45) is 5.92 Å². The number of nitrogens with one attached hydrogen (secondary N) is 2. The van der Waals surface area contributed by atoms with E-state index in [0.717, 1.165) is 16.2 Å². The molecule has 0 saturated heterocycles. The zero-order valence-electron chi connectivity index (χ0n) is 17.1. The Bertz CT molecular complexity index is 1140. The number of rotatable bonds is 7. The first-order valence-corrected chi connectivity index (χ1v) is 11.5. The molecule has 0 fully saturated rings. The molecule has 1 heterocycles. The van der Waals surface area contributed by atoms with E-state index in [-0.39, 0.29) is 22.3 Å². The molecule has 1 aliphatic rings. The van der Waals surface area contributed by atoms with E-state index >= 15 is 0 Å². The van der Waals surface area contributed by atoms with Gasteiger partial charge < -0.3 is 15.4 Å². The van der Waals surface area contributed by atoms with Gasteiger partial charge in [-0.2, -0.15) is 10.5 Å². The Morgan fingerprint density at radius 1 is 1.22 bits per heavy atom. The molecule has 0 radical (unpaired) electrons. The Labute approximate surface area is 198 Å². The van der Waals surface area contributed by atoms with Gasteiger partial charge >= 0.3 is 0 Å². The predicted molar refractivity (Wildman–Crippen MR) is 125 cm³/mol. The van der Waals surface area contributed by atoms with Gasteiger partial charge in [0.15, 0.2) is 0 Å². The van der Waals surface area contributed by atoms with E-state index in [1.54, 1.807) is 36.4 Å². The lowest BCUT2D eigenvalue weighted by Gasteiger charge is -2.29. The summed E-state index contributed by atoms with van der Waals surface area (Å²) in [6.45, 7) is 2.23. The lowest BCUT2D eigenvalue weighted by atomic mass is 9.79. The second-order valence-electron chi connectivity index (χ2n) is 6.74. The molecule has 9 heteroatoms. The molecule has 0 spiro atoms. The van der Waals surface area contributed by atoms with Crippen LogP contribution in [-0.2, 0) is 9.59 Å². The summed E-state index contributed by atoms with van der Waals surface area (Å²) >= 11 is 4.39. The van der Waals surface area contributed by atoms with Crippen molar-refractivity contribution >= 4 is 45.2 Å². The monoisotopic (exact) mass is 510 g/mol. The zero-order valence-corrected chi connectivity index (χ0v) is 19.5. The highest BCUT2D eigenvalue weighted by Crippen LogP contribution is 2.42. The first kappa shape index (κ1) is 23.4. The van der Waals surface area contributed by atoms with Crippen LogP contribution < -0.4 is 15.4 Å². The van der Waals surface area contributed by atoms with Gasteiger partial charge in [0, 0.05) is 15.7 Å². The van der Waals surface area contributed by atoms with E-state index in [0.29, 0.717) is 23.6 Å². The fourth-order valence-electron chi connectivity index (χ4n) is 3.31. The molecule has 7 nitrogen and oxygen atoms in total. The van der Waals surface area contributed by atoms with Crippen LogP contribution in [-0.4, -0.2) is 24.2 Å². The van der Waals surface area contributed by atoms with Crippen LogP contribution >= 0.6 is 27.7 Å². The molecule has 0 unspecified atom stereocenters. The standard InChI is InChI=1S/C23H19BrN4O3S/c1-2-31-19-6-4-3-5-16(19)21-17(11-25)22(30)28-23(18(21)12-26)32-13-20(29)27-15-9-7-14(24)8-10-15/h3-10,17,21H,2,13H2,1H3,(H,27,29)(H,28,30)/t17-,21-/m1/s1. The van der Waals surface area contributed by atoms with E-state index in [1.165, 1.54) is 0 Å². The summed E-state index contributed by atoms with van der Waals surface area (Å²) in [5, 5.41) is 25.2. The summed E-state index contributed by atoms with van der Waals surface area (Å²) in [5.74, 6) is -2.19. The number of amides is 2. The molecule has 2 N–H and O–H groups in total. The molecule has 2 aromatic carbocycles. The molecule has 1 aliphatic heterocycles. The van der Waals surface area contributed by atoms with Crippen molar-refractivity contribution in [3.8, 4) is 17.9 Å². The van der Waals surface area contributed by atoms with Gasteiger partial charge in [-0.1, -0.05) is 45.9 Å². The number of hydrogen-bond donors (Lipinski definition) is 2. The molecule has 2 atom stereocenters. The second-order valence-corrected chi connectivity index (χ2v) is 8.64. The van der Waals surface area contributed by atoms with E-state index in [4.69, 9.17) is 4.74 Å². The molecular weight excluding hydrogens is 492 g/mol. The summed E-state index contributed by atoms with van der Waals surface area (Å²) in [6.07, 6.45) is 0. The van der Waals surface area contributed by atoms with Gasteiger partial charge in [0.05, 0.1) is 41.0 Å². The minimum atomic E-state index is -1.09. The van der Waals surface area contributed by atoms with Crippen molar-refractivity contribution in [1.82, 2.24) is 5.32 Å². The molecule has 3 rings (SSSR count). The largest absolute Gasteiger partial charge is 0.494 e. The van der Waals surface area contributed by atoms with Crippen molar-refractivity contribution in [3.05, 3.63) is 69.2 Å². The molecule has 0 saturated carbocycles. The number of nitrogens with zero attached hydrogens (tertiary/aromatic N) is 2. The van der Waals surface area contributed by atoms with Crippen LogP contribution in [0.5, 0.6) is 5.75 Å². The van der Waals surface area contributed by atoms with E-state index < -0.39 is 17.7 Å². The number of benzene rings is 2. The molecule has 0 bridgehead atoms. The van der Waals surface area contributed by atoms with Gasteiger partial charge in [-0.15, -0.1) is 0 Å². The molecule has 0 aromatic heterocycles. The Kier molecular flexibility index (Phi) is 7.93. The summed E-state index contributed by atoms with van der Waals surface area (Å²) in [4.78, 5) is 25.1. The average Bonchev–Trinajstić information content (AvgIpc) is 2.79. The van der Waals surface area contributed by atoms with Gasteiger partial charge in [-0.05, 0) is 37.3 Å². The topological polar surface area (TPSA) is 115 Å². The summed E-state index contributed by atoms with van der Waals surface area (Å²) in [6, 6.07) is 18.3. The first-order chi connectivity index (χ1) is 15.5. The number of para-hydroxylation sites is 1. The fraction of sp³-hybridized carbons (Fsp3) is 0.217. The number of carbonyl (C=O) groups is 2. The Balaban J connectivity index is 1.88. The summed E-state index contributed by atoms with van der Waals surface area (Å²) in [7, 11) is 0. The van der Waals surface area contributed by atoms with E-state index in [9.17, 15) is 20.1 Å². The van der Waals surface area contributed by atoms with Crippen molar-refractivity contribution < 1.29 is 14.3 Å². The third kappa shape index (κ3) is 5.31. The van der Waals surface area contributed by atoms with Gasteiger partial charge in [0.2, 0.25) is 11.8 Å². The number of halogens is 1. The molecule has 0 aliphatic carbocycles. The van der Waals surface area contributed by atoms with Crippen LogP contribution in [0.2, 0.25) is 0 Å². The van der Waals surface area contributed by atoms with Gasteiger partial charge in [0.1, 0.15) is 11.7 Å². The number of hydrogen-bond acceptors (Lipinski definition) is 6. The van der Waals surface area contributed by atoms with Crippen molar-refractivity contribution in [1.29, 1.82) is 10.5 Å². The fourth-order valence-corrected chi connectivity index (χ4v) is 4.42. The SMILES string of the molecule is CCOc1ccccc1[C@H]1C(C#N)=C(SCC(=O)Nc2ccc(Br)cc2)NC(=O)[C@@H]1C#N. The Morgan fingerprint density at radius 3 is 2.59 bits per heavy atom. The van der Waals surface area contributed by atoms with E-state index in [1.807, 2.05) is 25.1 Å². The van der Waals surface area contributed by atoms with Gasteiger partial charge in [-0.25, -0.2) is 0 Å². The summed E-state index contributed by atoms with van der Waals surface area (Å²) in [5.41, 5.74) is 1.45. The maximum atomic E-state index is 12.7. The molecule has 32 heavy (non-hydrogen) atoms. The van der Waals surface area contributed by atoms with Crippen LogP contribution in [0, 0.1) is 28.6 Å². The third-order valence-electron chi connectivity index (χ3n) is 4.70. The maximum absolute atomic E-state index is 12.7. The number of anilines is 1. The van der Waals surface area contributed by atoms with Crippen LogP contribution in [0.4, 0.5) is 5.69 Å². The average molecular weight is 511 g/mol. The number of nitriles is 2. The smallest absolute Gasteiger partial charge is 0.243 e. The molecular formula is C23H19BrN4O3S. The van der Waals surface area contributed by atoms with Crippen LogP contribution in [0.1, 0.15) is 18.4 Å². The minimum absolute atomic E-state index is 0.0199. The number of ether oxygens (including phenoxy) is 1. The summed E-state index contributed by atoms with van der Waals surface area (Å²) < 4.78 is 6.56. The lowest BCUT2D eigenvalue weighted by Crippen LogP contribution is -2.39. The molecule has 2 aromatic rings. The highest BCUT2D eigenvalue weighted by Gasteiger charge is 2.40. The predicted octanol–water partition coefficient (Wildman–Crippen LogP) is 4.31. The quantitative estimate of drug-likeness (QED) is 0.573. The van der Waals surface area contributed by atoms with Crippen LogP contribution in [0.25, 0.3) is 0 Å². The van der Waals surface area contributed by atoms with Crippen molar-refractivity contribution in [3.63, 3.8) is 0 Å². The third-order valence-corrected chi connectivity index (χ3v) is 6.24. The molecule has 2 amide bonds. The van der Waals surface area contributed by atoms with Crippen LogP contribution in [0.15, 0.2) is 63.6 Å². The highest BCUT2D eigenvalue weighted by molar-refractivity contribution is 9.10. The minimum Gasteiger partial charge on any atom is -0.494 e. The number of allylic oxidation sites excluding steroid dienone is 1. The van der Waals surface area contributed by atoms with Gasteiger partial charge in [0.25, 0.3) is 0 Å². The highest BCUT2D eigenvalue weighted by atomic mass is 79.9. The van der Waals surface area contributed by atoms with E-state index in [2.05, 4.69) is 32.6 Å². The number of thioether (sulfide) groups is 1. The zero-order chi connectivity index (χ0) is 23.1. The number of carbonyl (C=O) groups excluding carboxylic acids is 2. The van der Waals surface area contributed by atoms with Crippen molar-refractivity contribution in [2.45, 2.75) is 12.8 Å². The molecule has 162 valence electrons. The second kappa shape index (κ2) is 10.9. The first-order valence-electron chi connectivity index (χ1n) is 9.73. The Morgan fingerprint density at radius 2 is 1.94 bits per heavy atom. The van der Waals surface area contributed by atoms with Crippen molar-refractivity contribution in [2.75, 3.05) is 17.7 Å². The normalized spacial score (nSPS) is 17.7. The Hall–Kier alpha value is -3.27. The van der Waals surface area contributed by atoms with Crippen LogP contribution in [0.3, 0.4) is 0 Å².